The smallest absolute Gasteiger partial charge is 0.303 e. The molecule has 1 heterocycles. The minimum atomic E-state index is -2.05. The summed E-state index contributed by atoms with van der Waals surface area (Å²) in [6.45, 7) is 5.95. The van der Waals surface area contributed by atoms with Crippen LogP contribution in [0.4, 0.5) is 0 Å². The van der Waals surface area contributed by atoms with Gasteiger partial charge in [0, 0.05) is 26.7 Å². The number of aliphatic hydroxyl groups is 2. The third kappa shape index (κ3) is 4.43. The summed E-state index contributed by atoms with van der Waals surface area (Å²) in [5, 5.41) is 20.4. The van der Waals surface area contributed by atoms with Crippen molar-refractivity contribution in [1.82, 2.24) is 0 Å². The van der Waals surface area contributed by atoms with Crippen LogP contribution in [0.3, 0.4) is 0 Å². The van der Waals surface area contributed by atoms with Gasteiger partial charge in [0.15, 0.2) is 18.3 Å². The maximum atomic E-state index is 11.5. The molecular formula is C15H24O9. The third-order valence-corrected chi connectivity index (χ3v) is 3.64. The van der Waals surface area contributed by atoms with Gasteiger partial charge in [-0.05, 0) is 0 Å². The zero-order chi connectivity index (χ0) is 18.7. The molecule has 1 fully saturated rings. The lowest BCUT2D eigenvalue weighted by molar-refractivity contribution is -0.366. The molecule has 5 atom stereocenters. The largest absolute Gasteiger partial charge is 0.456 e. The summed E-state index contributed by atoms with van der Waals surface area (Å²) in [7, 11) is 0. The van der Waals surface area contributed by atoms with Crippen molar-refractivity contribution in [2.75, 3.05) is 6.61 Å². The molecule has 138 valence electrons. The van der Waals surface area contributed by atoms with Gasteiger partial charge >= 0.3 is 17.9 Å². The molecule has 1 saturated heterocycles. The van der Waals surface area contributed by atoms with Gasteiger partial charge in [0.25, 0.3) is 0 Å². The average molecular weight is 348 g/mol. The van der Waals surface area contributed by atoms with E-state index >= 15 is 0 Å². The van der Waals surface area contributed by atoms with E-state index in [1.165, 1.54) is 0 Å². The van der Waals surface area contributed by atoms with Crippen molar-refractivity contribution in [3.8, 4) is 0 Å². The molecule has 0 spiro atoms. The Balaban J connectivity index is 3.37. The Bertz CT molecular complexity index is 489. The van der Waals surface area contributed by atoms with Gasteiger partial charge in [-0.2, -0.15) is 0 Å². The lowest BCUT2D eigenvalue weighted by atomic mass is 9.85. The topological polar surface area (TPSA) is 129 Å². The first-order valence-electron chi connectivity index (χ1n) is 7.55. The molecule has 0 aromatic carbocycles. The predicted molar refractivity (Wildman–Crippen MR) is 78.4 cm³/mol. The molecule has 0 unspecified atom stereocenters. The molecule has 0 aromatic rings. The molecule has 0 aromatic heterocycles. The van der Waals surface area contributed by atoms with Gasteiger partial charge in [-0.15, -0.1) is 0 Å². The van der Waals surface area contributed by atoms with Crippen LogP contribution < -0.4 is 0 Å². The van der Waals surface area contributed by atoms with Crippen LogP contribution in [-0.2, 0) is 33.3 Å². The van der Waals surface area contributed by atoms with E-state index < -0.39 is 60.6 Å². The first-order valence-corrected chi connectivity index (χ1v) is 7.55. The summed E-state index contributed by atoms with van der Waals surface area (Å²) in [6, 6.07) is 0. The minimum absolute atomic E-state index is 0.591. The standard InChI is InChI=1S/C15H24O9/c1-7(2)15(20)14(23-10(5)19)13(22-9(4)18)12(21-8(3)17)11(6-16)24-15/h7,11-14,16,20H,6H2,1-5H3/t11-,12-,13+,14-,15-/m1/s1. The van der Waals surface area contributed by atoms with Gasteiger partial charge in [0.1, 0.15) is 6.10 Å². The Morgan fingerprint density at radius 3 is 1.83 bits per heavy atom. The highest BCUT2D eigenvalue weighted by Crippen LogP contribution is 2.38. The summed E-state index contributed by atoms with van der Waals surface area (Å²) >= 11 is 0. The summed E-state index contributed by atoms with van der Waals surface area (Å²) in [4.78, 5) is 34.3. The van der Waals surface area contributed by atoms with E-state index in [4.69, 9.17) is 18.9 Å². The SMILES string of the molecule is CC(=O)O[C@H]1[C@H](OC(C)=O)[C@@H](CO)O[C@](O)(C(C)C)[C@@H]1OC(C)=O. The minimum Gasteiger partial charge on any atom is -0.456 e. The summed E-state index contributed by atoms with van der Waals surface area (Å²) < 4.78 is 20.8. The molecule has 1 aliphatic heterocycles. The van der Waals surface area contributed by atoms with Gasteiger partial charge in [-0.1, -0.05) is 13.8 Å². The maximum Gasteiger partial charge on any atom is 0.303 e. The van der Waals surface area contributed by atoms with Gasteiger partial charge in [0.2, 0.25) is 5.79 Å². The zero-order valence-electron chi connectivity index (χ0n) is 14.3. The molecule has 1 rings (SSSR count). The van der Waals surface area contributed by atoms with Crippen LogP contribution in [0.1, 0.15) is 34.6 Å². The van der Waals surface area contributed by atoms with Crippen molar-refractivity contribution in [1.29, 1.82) is 0 Å². The number of esters is 3. The normalized spacial score (nSPS) is 33.0. The average Bonchev–Trinajstić information content (AvgIpc) is 2.44. The highest BCUT2D eigenvalue weighted by atomic mass is 16.7. The maximum absolute atomic E-state index is 11.5. The molecule has 9 heteroatoms. The molecule has 0 bridgehead atoms. The lowest BCUT2D eigenvalue weighted by Gasteiger charge is -2.50. The quantitative estimate of drug-likeness (QED) is 0.500. The number of carbonyl (C=O) groups is 3. The van der Waals surface area contributed by atoms with Crippen molar-refractivity contribution in [3.05, 3.63) is 0 Å². The number of rotatable bonds is 5. The van der Waals surface area contributed by atoms with Gasteiger partial charge in [-0.3, -0.25) is 14.4 Å². The number of hydrogen-bond donors (Lipinski definition) is 2. The van der Waals surface area contributed by atoms with E-state index in [0.717, 1.165) is 20.8 Å². The van der Waals surface area contributed by atoms with E-state index in [1.807, 2.05) is 0 Å². The first-order chi connectivity index (χ1) is 11.0. The van der Waals surface area contributed by atoms with Crippen molar-refractivity contribution >= 4 is 17.9 Å². The molecule has 0 aliphatic carbocycles. The number of aliphatic hydroxyl groups excluding tert-OH is 1. The molecule has 9 nitrogen and oxygen atoms in total. The van der Waals surface area contributed by atoms with Gasteiger partial charge < -0.3 is 29.2 Å². The second kappa shape index (κ2) is 7.91. The van der Waals surface area contributed by atoms with Crippen LogP contribution >= 0.6 is 0 Å². The van der Waals surface area contributed by atoms with Crippen LogP contribution in [0.25, 0.3) is 0 Å². The number of carbonyl (C=O) groups excluding carboxylic acids is 3. The van der Waals surface area contributed by atoms with Crippen molar-refractivity contribution in [2.24, 2.45) is 5.92 Å². The Kier molecular flexibility index (Phi) is 6.70. The summed E-state index contributed by atoms with van der Waals surface area (Å²) in [5.41, 5.74) is 0. The molecule has 2 N–H and O–H groups in total. The van der Waals surface area contributed by atoms with Crippen LogP contribution in [-0.4, -0.2) is 64.9 Å². The predicted octanol–water partition coefficient (Wildman–Crippen LogP) is -0.483. The number of ether oxygens (including phenoxy) is 4. The first kappa shape index (κ1) is 20.3. The van der Waals surface area contributed by atoms with E-state index in [0.29, 0.717) is 0 Å². The highest BCUT2D eigenvalue weighted by molar-refractivity contribution is 5.68. The van der Waals surface area contributed by atoms with Gasteiger partial charge in [0.05, 0.1) is 6.61 Å². The van der Waals surface area contributed by atoms with Crippen molar-refractivity contribution in [3.63, 3.8) is 0 Å². The fourth-order valence-electron chi connectivity index (χ4n) is 2.59. The fraction of sp³-hybridized carbons (Fsp3) is 0.800. The van der Waals surface area contributed by atoms with E-state index in [9.17, 15) is 24.6 Å². The van der Waals surface area contributed by atoms with Crippen molar-refractivity contribution < 1.29 is 43.5 Å². The summed E-state index contributed by atoms with van der Waals surface area (Å²) in [5.74, 6) is -4.83. The monoisotopic (exact) mass is 348 g/mol. The van der Waals surface area contributed by atoms with Crippen molar-refractivity contribution in [2.45, 2.75) is 64.8 Å². The molecule has 0 radical (unpaired) electrons. The Morgan fingerprint density at radius 2 is 1.46 bits per heavy atom. The molecular weight excluding hydrogens is 324 g/mol. The fourth-order valence-corrected chi connectivity index (χ4v) is 2.59. The molecule has 24 heavy (non-hydrogen) atoms. The Hall–Kier alpha value is -1.71. The van der Waals surface area contributed by atoms with Crippen LogP contribution in [0.5, 0.6) is 0 Å². The highest BCUT2D eigenvalue weighted by Gasteiger charge is 2.60. The Labute approximate surface area is 139 Å². The Morgan fingerprint density at radius 1 is 1.00 bits per heavy atom. The van der Waals surface area contributed by atoms with Crippen LogP contribution in [0.15, 0.2) is 0 Å². The molecule has 1 aliphatic rings. The van der Waals surface area contributed by atoms with E-state index in [-0.39, 0.29) is 0 Å². The molecule has 0 saturated carbocycles. The second-order valence-corrected chi connectivity index (χ2v) is 5.92. The van der Waals surface area contributed by atoms with Crippen LogP contribution in [0, 0.1) is 5.92 Å². The summed E-state index contributed by atoms with van der Waals surface area (Å²) in [6.07, 6.45) is -5.20. The lowest BCUT2D eigenvalue weighted by Crippen LogP contribution is -2.69. The number of hydrogen-bond acceptors (Lipinski definition) is 9. The zero-order valence-corrected chi connectivity index (χ0v) is 14.3. The van der Waals surface area contributed by atoms with Gasteiger partial charge in [-0.25, -0.2) is 0 Å². The molecule has 0 amide bonds. The van der Waals surface area contributed by atoms with E-state index in [2.05, 4.69) is 0 Å². The van der Waals surface area contributed by atoms with Crippen LogP contribution in [0.2, 0.25) is 0 Å². The second-order valence-electron chi connectivity index (χ2n) is 5.92. The third-order valence-electron chi connectivity index (χ3n) is 3.64. The van der Waals surface area contributed by atoms with E-state index in [1.54, 1.807) is 13.8 Å².